The first-order chi connectivity index (χ1) is 5.79. The summed E-state index contributed by atoms with van der Waals surface area (Å²) in [5.41, 5.74) is 0. The van der Waals surface area contributed by atoms with E-state index in [1.807, 2.05) is 11.0 Å². The molecule has 1 aliphatic rings. The fourth-order valence-corrected chi connectivity index (χ4v) is 1.46. The lowest BCUT2D eigenvalue weighted by atomic mass is 10.3. The lowest BCUT2D eigenvalue weighted by Gasteiger charge is -2.25. The zero-order chi connectivity index (χ0) is 8.97. The standard InChI is InChI=1S/C9H16N2O/c1-3-5-8-10-6-7-11(8)9(12)4-2/h3-4,8-10,12H,1-2,5-7H2. The molecule has 3 nitrogen and oxygen atoms in total. The summed E-state index contributed by atoms with van der Waals surface area (Å²) in [6.45, 7) is 9.01. The van der Waals surface area contributed by atoms with Crippen LogP contribution in [0, 0.1) is 0 Å². The summed E-state index contributed by atoms with van der Waals surface area (Å²) in [7, 11) is 0. The average Bonchev–Trinajstić information content (AvgIpc) is 2.52. The zero-order valence-electron chi connectivity index (χ0n) is 7.24. The molecule has 0 amide bonds. The second-order valence-corrected chi connectivity index (χ2v) is 2.88. The topological polar surface area (TPSA) is 35.5 Å². The van der Waals surface area contributed by atoms with Crippen molar-refractivity contribution >= 4 is 0 Å². The summed E-state index contributed by atoms with van der Waals surface area (Å²) in [4.78, 5) is 1.97. The maximum Gasteiger partial charge on any atom is 0.127 e. The fourth-order valence-electron chi connectivity index (χ4n) is 1.46. The van der Waals surface area contributed by atoms with E-state index in [1.165, 1.54) is 0 Å². The number of nitrogens with one attached hydrogen (secondary N) is 1. The quantitative estimate of drug-likeness (QED) is 0.593. The van der Waals surface area contributed by atoms with Gasteiger partial charge in [-0.2, -0.15) is 0 Å². The third kappa shape index (κ3) is 1.94. The van der Waals surface area contributed by atoms with E-state index in [4.69, 9.17) is 0 Å². The summed E-state index contributed by atoms with van der Waals surface area (Å²) in [6, 6.07) is 0. The molecule has 0 aromatic heterocycles. The third-order valence-electron chi connectivity index (χ3n) is 2.09. The molecule has 0 aliphatic carbocycles. The molecule has 0 aromatic rings. The zero-order valence-corrected chi connectivity index (χ0v) is 7.24. The molecule has 0 saturated carbocycles. The van der Waals surface area contributed by atoms with Gasteiger partial charge in [0.15, 0.2) is 0 Å². The van der Waals surface area contributed by atoms with Crippen molar-refractivity contribution in [3.05, 3.63) is 25.3 Å². The first-order valence-corrected chi connectivity index (χ1v) is 4.20. The van der Waals surface area contributed by atoms with Crippen molar-refractivity contribution in [2.24, 2.45) is 0 Å². The minimum atomic E-state index is -0.537. The second kappa shape index (κ2) is 4.40. The van der Waals surface area contributed by atoms with Gasteiger partial charge in [0.1, 0.15) is 6.23 Å². The molecule has 0 bridgehead atoms. The lowest BCUT2D eigenvalue weighted by Crippen LogP contribution is -2.41. The van der Waals surface area contributed by atoms with Crippen LogP contribution in [0.4, 0.5) is 0 Å². The molecule has 1 fully saturated rings. The van der Waals surface area contributed by atoms with Gasteiger partial charge in [-0.3, -0.25) is 4.90 Å². The highest BCUT2D eigenvalue weighted by Gasteiger charge is 2.26. The van der Waals surface area contributed by atoms with E-state index >= 15 is 0 Å². The van der Waals surface area contributed by atoms with Crippen molar-refractivity contribution in [1.82, 2.24) is 10.2 Å². The molecule has 0 radical (unpaired) electrons. The van der Waals surface area contributed by atoms with E-state index < -0.39 is 6.23 Å². The van der Waals surface area contributed by atoms with Crippen LogP contribution in [0.3, 0.4) is 0 Å². The van der Waals surface area contributed by atoms with Crippen molar-refractivity contribution in [2.45, 2.75) is 18.8 Å². The molecule has 68 valence electrons. The van der Waals surface area contributed by atoms with Crippen LogP contribution in [0.15, 0.2) is 25.3 Å². The van der Waals surface area contributed by atoms with Crippen LogP contribution in [-0.2, 0) is 0 Å². The lowest BCUT2D eigenvalue weighted by molar-refractivity contribution is 0.0300. The summed E-state index contributed by atoms with van der Waals surface area (Å²) in [5.74, 6) is 0. The predicted octanol–water partition coefficient (Wildman–Crippen LogP) is 0.298. The first-order valence-electron chi connectivity index (χ1n) is 4.20. The predicted molar refractivity (Wildman–Crippen MR) is 49.5 cm³/mol. The fraction of sp³-hybridized carbons (Fsp3) is 0.556. The van der Waals surface area contributed by atoms with Crippen LogP contribution in [0.2, 0.25) is 0 Å². The van der Waals surface area contributed by atoms with Gasteiger partial charge < -0.3 is 10.4 Å². The van der Waals surface area contributed by atoms with Crippen LogP contribution in [-0.4, -0.2) is 35.5 Å². The number of aliphatic hydroxyl groups excluding tert-OH is 1. The average molecular weight is 168 g/mol. The summed E-state index contributed by atoms with van der Waals surface area (Å²) in [5, 5.41) is 12.8. The number of hydrogen-bond acceptors (Lipinski definition) is 3. The molecule has 0 spiro atoms. The van der Waals surface area contributed by atoms with Crippen molar-refractivity contribution in [2.75, 3.05) is 13.1 Å². The maximum absolute atomic E-state index is 9.49. The van der Waals surface area contributed by atoms with Crippen molar-refractivity contribution < 1.29 is 5.11 Å². The Morgan fingerprint density at radius 1 is 1.67 bits per heavy atom. The van der Waals surface area contributed by atoms with E-state index in [1.54, 1.807) is 6.08 Å². The molecule has 2 unspecified atom stereocenters. The van der Waals surface area contributed by atoms with E-state index in [-0.39, 0.29) is 6.17 Å². The van der Waals surface area contributed by atoms with Crippen molar-refractivity contribution in [3.63, 3.8) is 0 Å². The van der Waals surface area contributed by atoms with E-state index in [2.05, 4.69) is 18.5 Å². The Hall–Kier alpha value is -0.640. The van der Waals surface area contributed by atoms with Gasteiger partial charge in [-0.25, -0.2) is 0 Å². The van der Waals surface area contributed by atoms with Crippen LogP contribution in [0.25, 0.3) is 0 Å². The summed E-state index contributed by atoms with van der Waals surface area (Å²) in [6.07, 6.45) is 3.93. The van der Waals surface area contributed by atoms with Crippen molar-refractivity contribution in [1.29, 1.82) is 0 Å². The molecule has 0 aromatic carbocycles. The molecule has 1 heterocycles. The van der Waals surface area contributed by atoms with E-state index in [9.17, 15) is 5.11 Å². The van der Waals surface area contributed by atoms with Gasteiger partial charge >= 0.3 is 0 Å². The summed E-state index contributed by atoms with van der Waals surface area (Å²) < 4.78 is 0. The molecule has 1 saturated heterocycles. The Morgan fingerprint density at radius 3 is 3.00 bits per heavy atom. The van der Waals surface area contributed by atoms with E-state index in [0.717, 1.165) is 19.5 Å². The Bertz CT molecular complexity index is 170. The summed E-state index contributed by atoms with van der Waals surface area (Å²) >= 11 is 0. The first kappa shape index (κ1) is 9.45. The normalized spacial score (nSPS) is 26.9. The maximum atomic E-state index is 9.49. The van der Waals surface area contributed by atoms with Gasteiger partial charge in [0.2, 0.25) is 0 Å². The number of nitrogens with zero attached hydrogens (tertiary/aromatic N) is 1. The molecule has 2 atom stereocenters. The third-order valence-corrected chi connectivity index (χ3v) is 2.09. The molecule has 1 rings (SSSR count). The Labute approximate surface area is 73.4 Å². The van der Waals surface area contributed by atoms with Gasteiger partial charge in [-0.15, -0.1) is 6.58 Å². The van der Waals surface area contributed by atoms with Crippen LogP contribution in [0.5, 0.6) is 0 Å². The smallest absolute Gasteiger partial charge is 0.127 e. The van der Waals surface area contributed by atoms with Crippen LogP contribution in [0.1, 0.15) is 6.42 Å². The van der Waals surface area contributed by atoms with Gasteiger partial charge in [0, 0.05) is 13.1 Å². The number of aliphatic hydroxyl groups is 1. The van der Waals surface area contributed by atoms with Crippen LogP contribution < -0.4 is 5.32 Å². The monoisotopic (exact) mass is 168 g/mol. The Morgan fingerprint density at radius 2 is 2.42 bits per heavy atom. The molecule has 12 heavy (non-hydrogen) atoms. The van der Waals surface area contributed by atoms with E-state index in [0.29, 0.717) is 0 Å². The highest BCUT2D eigenvalue weighted by Crippen LogP contribution is 2.10. The van der Waals surface area contributed by atoms with Gasteiger partial charge in [0.25, 0.3) is 0 Å². The molecule has 3 heteroatoms. The van der Waals surface area contributed by atoms with Crippen molar-refractivity contribution in [3.8, 4) is 0 Å². The Balaban J connectivity index is 2.50. The van der Waals surface area contributed by atoms with Gasteiger partial charge in [-0.1, -0.05) is 12.7 Å². The SMILES string of the molecule is C=CCC1NCCN1C(O)C=C. The van der Waals surface area contributed by atoms with Gasteiger partial charge in [-0.05, 0) is 12.5 Å². The molecule has 1 aliphatic heterocycles. The second-order valence-electron chi connectivity index (χ2n) is 2.88. The number of hydrogen-bond donors (Lipinski definition) is 2. The minimum absolute atomic E-state index is 0.218. The Kier molecular flexibility index (Phi) is 3.47. The highest BCUT2D eigenvalue weighted by atomic mass is 16.3. The van der Waals surface area contributed by atoms with Gasteiger partial charge in [0.05, 0.1) is 6.17 Å². The molecular weight excluding hydrogens is 152 g/mol. The largest absolute Gasteiger partial charge is 0.375 e. The molecule has 2 N–H and O–H groups in total. The highest BCUT2D eigenvalue weighted by molar-refractivity contribution is 4.90. The number of rotatable bonds is 4. The van der Waals surface area contributed by atoms with Crippen LogP contribution >= 0.6 is 0 Å². The minimum Gasteiger partial charge on any atom is -0.375 e. The molecular formula is C9H16N2O.